The monoisotopic (exact) mass is 352 g/mol. The lowest BCUT2D eigenvalue weighted by molar-refractivity contribution is 0.0344. The first kappa shape index (κ1) is 15.3. The Kier molecular flexibility index (Phi) is 2.81. The minimum Gasteiger partial charge on any atom is -0.286 e. The number of fused-ring (bicyclic) bond motifs is 2. The summed E-state index contributed by atoms with van der Waals surface area (Å²) < 4.78 is 29.4. The third kappa shape index (κ3) is 1.81. The van der Waals surface area contributed by atoms with Gasteiger partial charge in [-0.15, -0.1) is 0 Å². The fourth-order valence-corrected chi connectivity index (χ4v) is 3.97. The Morgan fingerprint density at radius 2 is 2.08 bits per heavy atom. The number of pyridine rings is 1. The van der Waals surface area contributed by atoms with Gasteiger partial charge in [0.15, 0.2) is 5.65 Å². The Labute approximate surface area is 147 Å². The van der Waals surface area contributed by atoms with E-state index in [4.69, 9.17) is 0 Å². The van der Waals surface area contributed by atoms with Gasteiger partial charge in [-0.25, -0.2) is 18.6 Å². The summed E-state index contributed by atoms with van der Waals surface area (Å²) in [5, 5.41) is 9.39. The second kappa shape index (κ2) is 4.79. The highest BCUT2D eigenvalue weighted by Gasteiger charge is 2.89. The molecular weight excluding hydrogens is 338 g/mol. The maximum atomic E-state index is 13.3. The molecule has 130 valence electrons. The average molecular weight is 352 g/mol. The lowest BCUT2D eigenvalue weighted by Gasteiger charge is -2.12. The predicted molar refractivity (Wildman–Crippen MR) is 91.4 cm³/mol. The number of aryl methyl sites for hydroxylation is 1. The molecule has 5 nitrogen and oxygen atoms in total. The zero-order valence-electron chi connectivity index (χ0n) is 13.9. The molecular formula is C19H14F2N4O. The molecule has 0 spiro atoms. The minimum atomic E-state index is -2.62. The molecule has 26 heavy (non-hydrogen) atoms. The second-order valence-electron chi connectivity index (χ2n) is 6.96. The van der Waals surface area contributed by atoms with Gasteiger partial charge in [-0.3, -0.25) is 9.13 Å². The van der Waals surface area contributed by atoms with Crippen molar-refractivity contribution in [1.82, 2.24) is 14.1 Å². The number of nitriles is 1. The number of nitrogens with zero attached hydrogens (tertiary/aromatic N) is 4. The van der Waals surface area contributed by atoms with Gasteiger partial charge in [0.2, 0.25) is 0 Å². The zero-order chi connectivity index (χ0) is 18.2. The number of hydrogen-bond donors (Lipinski definition) is 0. The molecule has 2 saturated carbocycles. The summed E-state index contributed by atoms with van der Waals surface area (Å²) in [5.41, 5.74) is 2.56. The van der Waals surface area contributed by atoms with Crippen molar-refractivity contribution in [2.75, 3.05) is 0 Å². The van der Waals surface area contributed by atoms with Crippen molar-refractivity contribution in [3.63, 3.8) is 0 Å². The first-order valence-electron chi connectivity index (χ1n) is 8.39. The van der Waals surface area contributed by atoms with Gasteiger partial charge in [0.25, 0.3) is 5.92 Å². The fourth-order valence-electron chi connectivity index (χ4n) is 3.97. The number of rotatable bonds is 2. The number of allylic oxidation sites excluding steroid dienone is 6. The van der Waals surface area contributed by atoms with E-state index in [0.29, 0.717) is 34.4 Å². The van der Waals surface area contributed by atoms with Crippen LogP contribution in [-0.2, 0) is 7.05 Å². The molecule has 0 radical (unpaired) electrons. The van der Waals surface area contributed by atoms with Crippen LogP contribution in [0.25, 0.3) is 16.7 Å². The van der Waals surface area contributed by atoms with Crippen LogP contribution >= 0.6 is 0 Å². The van der Waals surface area contributed by atoms with Crippen molar-refractivity contribution in [2.45, 2.75) is 18.4 Å². The summed E-state index contributed by atoms with van der Waals surface area (Å²) in [6.45, 7) is 0. The molecule has 0 aromatic carbocycles. The van der Waals surface area contributed by atoms with Gasteiger partial charge in [0.1, 0.15) is 0 Å². The standard InChI is InChI=1S/C19H14F2N4O/c1-24-17-13(25(18(24)26)16-14-15(16)19(14,20)21)8-7-12(23-17)11-6-4-2-3-5-10(11)9-22/h2-4,6-8,14-16H,5H2,1H3. The smallest absolute Gasteiger partial charge is 0.286 e. The average Bonchev–Trinajstić information content (AvgIpc) is 3.50. The van der Waals surface area contributed by atoms with E-state index in [-0.39, 0.29) is 5.69 Å². The summed E-state index contributed by atoms with van der Waals surface area (Å²) in [4.78, 5) is 17.1. The number of imidazole rings is 1. The molecule has 2 aromatic heterocycles. The van der Waals surface area contributed by atoms with Crippen molar-refractivity contribution in [1.29, 1.82) is 5.26 Å². The Balaban J connectivity index is 1.64. The van der Waals surface area contributed by atoms with E-state index in [2.05, 4.69) is 11.1 Å². The third-order valence-electron chi connectivity index (χ3n) is 5.55. The second-order valence-corrected chi connectivity index (χ2v) is 6.96. The Morgan fingerprint density at radius 1 is 1.31 bits per heavy atom. The molecule has 7 heteroatoms. The molecule has 2 aromatic rings. The highest BCUT2D eigenvalue weighted by Crippen LogP contribution is 2.80. The Bertz CT molecular complexity index is 1150. The quantitative estimate of drug-likeness (QED) is 0.835. The maximum absolute atomic E-state index is 13.3. The molecule has 0 aliphatic heterocycles. The van der Waals surface area contributed by atoms with Crippen molar-refractivity contribution in [2.24, 2.45) is 18.9 Å². The number of halogens is 2. The van der Waals surface area contributed by atoms with Crippen molar-refractivity contribution >= 4 is 16.7 Å². The number of aromatic nitrogens is 3. The summed E-state index contributed by atoms with van der Waals surface area (Å²) in [6.07, 6.45) is 7.94. The maximum Gasteiger partial charge on any atom is 0.330 e. The lowest BCUT2D eigenvalue weighted by Crippen LogP contribution is -2.27. The Morgan fingerprint density at radius 3 is 2.77 bits per heavy atom. The van der Waals surface area contributed by atoms with Gasteiger partial charge in [0, 0.05) is 24.6 Å². The molecule has 5 rings (SSSR count). The zero-order valence-corrected chi connectivity index (χ0v) is 13.9. The molecule has 2 heterocycles. The van der Waals surface area contributed by atoms with Gasteiger partial charge in [-0.05, 0) is 12.1 Å². The van der Waals surface area contributed by atoms with E-state index < -0.39 is 23.8 Å². The molecule has 3 aliphatic carbocycles. The SMILES string of the molecule is Cn1c(=O)n(C2C3C2C3(F)F)c2ccc(C3=C(C#N)CC=CC=C3)nc21. The van der Waals surface area contributed by atoms with E-state index in [1.807, 2.05) is 24.3 Å². The van der Waals surface area contributed by atoms with Crippen LogP contribution in [0.1, 0.15) is 18.2 Å². The van der Waals surface area contributed by atoms with E-state index >= 15 is 0 Å². The van der Waals surface area contributed by atoms with Crippen molar-refractivity contribution in [3.8, 4) is 6.07 Å². The van der Waals surface area contributed by atoms with Gasteiger partial charge in [-0.1, -0.05) is 24.3 Å². The van der Waals surface area contributed by atoms with E-state index in [1.54, 1.807) is 19.2 Å². The van der Waals surface area contributed by atoms with Crippen molar-refractivity contribution in [3.05, 3.63) is 58.2 Å². The van der Waals surface area contributed by atoms with Crippen LogP contribution in [0.4, 0.5) is 8.78 Å². The van der Waals surface area contributed by atoms with E-state index in [9.17, 15) is 18.8 Å². The van der Waals surface area contributed by atoms with Crippen LogP contribution in [0.5, 0.6) is 0 Å². The van der Waals surface area contributed by atoms with Crippen LogP contribution in [0, 0.1) is 23.2 Å². The van der Waals surface area contributed by atoms with Crippen LogP contribution in [-0.4, -0.2) is 20.0 Å². The molecule has 2 fully saturated rings. The highest BCUT2D eigenvalue weighted by molar-refractivity contribution is 5.82. The summed E-state index contributed by atoms with van der Waals surface area (Å²) >= 11 is 0. The molecule has 0 N–H and O–H groups in total. The largest absolute Gasteiger partial charge is 0.330 e. The highest BCUT2D eigenvalue weighted by atomic mass is 19.3. The van der Waals surface area contributed by atoms with Gasteiger partial charge >= 0.3 is 5.69 Å². The minimum absolute atomic E-state index is 0.329. The number of hydrogen-bond acceptors (Lipinski definition) is 3. The van der Waals surface area contributed by atoms with Crippen LogP contribution in [0.3, 0.4) is 0 Å². The van der Waals surface area contributed by atoms with Crippen molar-refractivity contribution < 1.29 is 8.78 Å². The van der Waals surface area contributed by atoms with E-state index in [1.165, 1.54) is 9.13 Å². The Hall–Kier alpha value is -3.01. The summed E-state index contributed by atoms with van der Waals surface area (Å²) in [6, 6.07) is 5.26. The predicted octanol–water partition coefficient (Wildman–Crippen LogP) is 2.96. The molecule has 2 atom stereocenters. The topological polar surface area (TPSA) is 63.6 Å². The first-order valence-corrected chi connectivity index (χ1v) is 8.39. The molecule has 0 amide bonds. The first-order chi connectivity index (χ1) is 12.5. The van der Waals surface area contributed by atoms with Crippen LogP contribution in [0.2, 0.25) is 0 Å². The van der Waals surface area contributed by atoms with Crippen LogP contribution in [0.15, 0.2) is 46.8 Å². The fraction of sp³-hybridized carbons (Fsp3) is 0.316. The number of alkyl halides is 2. The van der Waals surface area contributed by atoms with Gasteiger partial charge < -0.3 is 0 Å². The molecule has 2 unspecified atom stereocenters. The summed E-state index contributed by atoms with van der Waals surface area (Å²) in [7, 11) is 1.59. The lowest BCUT2D eigenvalue weighted by atomic mass is 10.0. The van der Waals surface area contributed by atoms with E-state index in [0.717, 1.165) is 0 Å². The third-order valence-corrected chi connectivity index (χ3v) is 5.55. The molecule has 0 bridgehead atoms. The van der Waals surface area contributed by atoms with Gasteiger partial charge in [-0.2, -0.15) is 5.26 Å². The summed E-state index contributed by atoms with van der Waals surface area (Å²) in [5.74, 6) is -4.05. The molecule has 0 saturated heterocycles. The van der Waals surface area contributed by atoms with Crippen LogP contribution < -0.4 is 5.69 Å². The molecule has 3 aliphatic rings. The van der Waals surface area contributed by atoms with Gasteiger partial charge in [0.05, 0.1) is 35.2 Å². The normalized spacial score (nSPS) is 28.0.